The molecule has 114 valence electrons. The summed E-state index contributed by atoms with van der Waals surface area (Å²) < 4.78 is 0. The molecule has 1 spiro atoms. The van der Waals surface area contributed by atoms with Gasteiger partial charge in [-0.2, -0.15) is 0 Å². The first-order valence-electron chi connectivity index (χ1n) is 8.45. The Bertz CT molecular complexity index is 776. The molecule has 0 nitrogen and oxygen atoms in total. The van der Waals surface area contributed by atoms with E-state index in [-0.39, 0.29) is 5.41 Å². The van der Waals surface area contributed by atoms with E-state index in [4.69, 9.17) is 0 Å². The second-order valence-corrected chi connectivity index (χ2v) is 8.69. The summed E-state index contributed by atoms with van der Waals surface area (Å²) in [4.78, 5) is 0. The van der Waals surface area contributed by atoms with Crippen molar-refractivity contribution in [1.29, 1.82) is 0 Å². The summed E-state index contributed by atoms with van der Waals surface area (Å²) in [6.07, 6.45) is 1.28. The molecule has 0 amide bonds. The first kappa shape index (κ1) is 14.1. The van der Waals surface area contributed by atoms with E-state index in [2.05, 4.69) is 77.9 Å². The van der Waals surface area contributed by atoms with Crippen LogP contribution in [-0.4, -0.2) is 0 Å². The summed E-state index contributed by atoms with van der Waals surface area (Å²) in [5.74, 6) is 0. The second kappa shape index (κ2) is 3.85. The van der Waals surface area contributed by atoms with Crippen molar-refractivity contribution in [2.75, 3.05) is 0 Å². The molecule has 0 aliphatic heterocycles. The van der Waals surface area contributed by atoms with Crippen LogP contribution in [0.25, 0.3) is 11.1 Å². The minimum atomic E-state index is 0.155. The number of rotatable bonds is 0. The molecule has 0 heteroatoms. The van der Waals surface area contributed by atoms with Gasteiger partial charge in [0.05, 0.1) is 0 Å². The van der Waals surface area contributed by atoms with Crippen LogP contribution in [-0.2, 0) is 5.41 Å². The minimum Gasteiger partial charge on any atom is -0.0619 e. The third-order valence-electron chi connectivity index (χ3n) is 6.51. The van der Waals surface area contributed by atoms with Crippen molar-refractivity contribution < 1.29 is 0 Å². The van der Waals surface area contributed by atoms with E-state index in [1.54, 1.807) is 11.1 Å². The van der Waals surface area contributed by atoms with Gasteiger partial charge >= 0.3 is 0 Å². The van der Waals surface area contributed by atoms with Gasteiger partial charge < -0.3 is 0 Å². The van der Waals surface area contributed by atoms with Crippen LogP contribution in [0.3, 0.4) is 0 Å². The Balaban J connectivity index is 2.22. The molecular formula is C22H26. The number of hydrogen-bond donors (Lipinski definition) is 0. The van der Waals surface area contributed by atoms with Gasteiger partial charge in [-0.25, -0.2) is 0 Å². The van der Waals surface area contributed by atoms with Gasteiger partial charge in [0.1, 0.15) is 0 Å². The van der Waals surface area contributed by atoms with Crippen LogP contribution in [0.1, 0.15) is 56.4 Å². The Labute approximate surface area is 134 Å². The van der Waals surface area contributed by atoms with E-state index < -0.39 is 0 Å². The maximum Gasteiger partial charge on any atom is 0.0320 e. The molecule has 0 atom stereocenters. The molecule has 0 unspecified atom stereocenters. The normalized spacial score (nSPS) is 22.1. The molecule has 0 aromatic heterocycles. The van der Waals surface area contributed by atoms with Gasteiger partial charge in [0.2, 0.25) is 0 Å². The third-order valence-corrected chi connectivity index (χ3v) is 6.51. The summed E-state index contributed by atoms with van der Waals surface area (Å²) >= 11 is 0. The Kier molecular flexibility index (Phi) is 2.46. The van der Waals surface area contributed by atoms with Gasteiger partial charge in [0.25, 0.3) is 0 Å². The van der Waals surface area contributed by atoms with Gasteiger partial charge in [0, 0.05) is 5.41 Å². The van der Waals surface area contributed by atoms with E-state index in [0.717, 1.165) is 0 Å². The average molecular weight is 290 g/mol. The van der Waals surface area contributed by atoms with Crippen molar-refractivity contribution in [1.82, 2.24) is 0 Å². The maximum atomic E-state index is 2.46. The molecule has 0 heterocycles. The summed E-state index contributed by atoms with van der Waals surface area (Å²) in [5.41, 5.74) is 9.78. The quantitative estimate of drug-likeness (QED) is 0.556. The highest BCUT2D eigenvalue weighted by atomic mass is 14.7. The number of hydrogen-bond acceptors (Lipinski definition) is 0. The van der Waals surface area contributed by atoms with E-state index >= 15 is 0 Å². The number of aryl methyl sites for hydroxylation is 2. The van der Waals surface area contributed by atoms with Crippen LogP contribution in [0.4, 0.5) is 0 Å². The first-order chi connectivity index (χ1) is 10.2. The van der Waals surface area contributed by atoms with Crippen LogP contribution in [0.15, 0.2) is 36.4 Å². The van der Waals surface area contributed by atoms with Crippen LogP contribution in [0.5, 0.6) is 0 Å². The van der Waals surface area contributed by atoms with Crippen LogP contribution in [0.2, 0.25) is 0 Å². The summed E-state index contributed by atoms with van der Waals surface area (Å²) in [5, 5.41) is 0. The van der Waals surface area contributed by atoms with Crippen LogP contribution < -0.4 is 0 Å². The highest BCUT2D eigenvalue weighted by Gasteiger charge is 2.69. The third kappa shape index (κ3) is 1.27. The SMILES string of the molecule is Cc1ccc(C)c2c1-c1ccccc1C21C(C)(C)CC1(C)C. The lowest BCUT2D eigenvalue weighted by molar-refractivity contribution is -0.0861. The van der Waals surface area contributed by atoms with Crippen molar-refractivity contribution >= 4 is 0 Å². The van der Waals surface area contributed by atoms with Gasteiger partial charge in [-0.1, -0.05) is 64.1 Å². The lowest BCUT2D eigenvalue weighted by atomic mass is 9.35. The summed E-state index contributed by atoms with van der Waals surface area (Å²) in [6, 6.07) is 13.8. The molecule has 2 aromatic carbocycles. The molecule has 1 saturated carbocycles. The van der Waals surface area contributed by atoms with Crippen LogP contribution in [0, 0.1) is 24.7 Å². The predicted molar refractivity (Wildman–Crippen MR) is 94.3 cm³/mol. The molecule has 4 rings (SSSR count). The molecule has 1 fully saturated rings. The fourth-order valence-electron chi connectivity index (χ4n) is 6.39. The van der Waals surface area contributed by atoms with Crippen molar-refractivity contribution in [3.63, 3.8) is 0 Å². The highest BCUT2D eigenvalue weighted by molar-refractivity contribution is 5.86. The highest BCUT2D eigenvalue weighted by Crippen LogP contribution is 2.75. The standard InChI is InChI=1S/C22H26/c1-14-11-12-15(2)19-18(14)16-9-7-8-10-17(16)22(19)20(3,4)13-21(22,5)6/h7-12H,13H2,1-6H3. The molecule has 0 N–H and O–H groups in total. The molecule has 2 aliphatic carbocycles. The van der Waals surface area contributed by atoms with E-state index in [0.29, 0.717) is 10.8 Å². The maximum absolute atomic E-state index is 2.46. The van der Waals surface area contributed by atoms with Gasteiger partial charge in [-0.15, -0.1) is 0 Å². The Morgan fingerprint density at radius 3 is 2.00 bits per heavy atom. The Morgan fingerprint density at radius 2 is 1.36 bits per heavy atom. The predicted octanol–water partition coefficient (Wildman–Crippen LogP) is 6.03. The first-order valence-corrected chi connectivity index (χ1v) is 8.45. The van der Waals surface area contributed by atoms with Gasteiger partial charge in [-0.05, 0) is 64.5 Å². The second-order valence-electron chi connectivity index (χ2n) is 8.69. The lowest BCUT2D eigenvalue weighted by Crippen LogP contribution is -2.63. The Hall–Kier alpha value is -1.56. The Morgan fingerprint density at radius 1 is 0.773 bits per heavy atom. The van der Waals surface area contributed by atoms with Crippen LogP contribution >= 0.6 is 0 Å². The largest absolute Gasteiger partial charge is 0.0619 e. The van der Waals surface area contributed by atoms with E-state index in [1.165, 1.54) is 28.7 Å². The zero-order chi connectivity index (χ0) is 15.9. The molecule has 0 saturated heterocycles. The van der Waals surface area contributed by atoms with Gasteiger partial charge in [-0.3, -0.25) is 0 Å². The van der Waals surface area contributed by atoms with Crippen molar-refractivity contribution in [2.24, 2.45) is 10.8 Å². The van der Waals surface area contributed by atoms with E-state index in [9.17, 15) is 0 Å². The summed E-state index contributed by atoms with van der Waals surface area (Å²) in [6.45, 7) is 14.4. The number of fused-ring (bicyclic) bond motifs is 5. The fraction of sp³-hybridized carbons (Fsp3) is 0.455. The lowest BCUT2D eigenvalue weighted by Gasteiger charge is -2.67. The zero-order valence-electron chi connectivity index (χ0n) is 14.7. The molecule has 0 bridgehead atoms. The van der Waals surface area contributed by atoms with E-state index in [1.807, 2.05) is 0 Å². The summed E-state index contributed by atoms with van der Waals surface area (Å²) in [7, 11) is 0. The smallest absolute Gasteiger partial charge is 0.0320 e. The van der Waals surface area contributed by atoms with Crippen molar-refractivity contribution in [2.45, 2.75) is 53.4 Å². The monoisotopic (exact) mass is 290 g/mol. The van der Waals surface area contributed by atoms with Crippen molar-refractivity contribution in [3.8, 4) is 11.1 Å². The molecular weight excluding hydrogens is 264 g/mol. The van der Waals surface area contributed by atoms with Gasteiger partial charge in [0.15, 0.2) is 0 Å². The molecule has 2 aliphatic rings. The van der Waals surface area contributed by atoms with Crippen molar-refractivity contribution in [3.05, 3.63) is 58.7 Å². The molecule has 22 heavy (non-hydrogen) atoms. The average Bonchev–Trinajstić information content (AvgIpc) is 2.77. The molecule has 2 aromatic rings. The zero-order valence-corrected chi connectivity index (χ0v) is 14.7. The fourth-order valence-corrected chi connectivity index (χ4v) is 6.39. The number of benzene rings is 2. The minimum absolute atomic E-state index is 0.155. The molecule has 0 radical (unpaired) electrons. The topological polar surface area (TPSA) is 0 Å².